The number of methoxy groups -OCH3 is 3. The van der Waals surface area contributed by atoms with E-state index in [1.165, 1.54) is 6.92 Å². The van der Waals surface area contributed by atoms with Crippen molar-refractivity contribution < 1.29 is 23.8 Å². The van der Waals surface area contributed by atoms with Crippen molar-refractivity contribution in [3.63, 3.8) is 0 Å². The van der Waals surface area contributed by atoms with E-state index in [9.17, 15) is 14.4 Å². The van der Waals surface area contributed by atoms with Gasteiger partial charge in [0.2, 0.25) is 23.0 Å². The average Bonchev–Trinajstić information content (AvgIpc) is 3.38. The molecule has 1 heterocycles. The number of amides is 2. The van der Waals surface area contributed by atoms with Gasteiger partial charge in [-0.15, -0.1) is 0 Å². The van der Waals surface area contributed by atoms with Crippen LogP contribution < -0.4 is 35.6 Å². The number of carbonyl (C=O) groups is 2. The van der Waals surface area contributed by atoms with E-state index in [0.29, 0.717) is 53.3 Å². The fourth-order valence-corrected chi connectivity index (χ4v) is 6.05. The van der Waals surface area contributed by atoms with Gasteiger partial charge in [0.1, 0.15) is 6.04 Å². The standard InChI is InChI=1S/C35H40N4O6/c1-7-19(2)32(35(42)38-23-9-12-26-21(16-23)14-15-36-26)39-28-13-10-24-25(18-29(28)41)27(37-20(3)40)11-8-22-17-30(43-4)33(44-5)34(45-6)31(22)24/h9-10,12-19,27,32,36H,7-8,11H2,1-6H3,(H,37,40)(H,38,42)(H,39,41)/t19-,27+,32+/m1/s1. The zero-order valence-electron chi connectivity index (χ0n) is 26.5. The molecule has 45 heavy (non-hydrogen) atoms. The van der Waals surface area contributed by atoms with Crippen molar-refractivity contribution in [3.05, 3.63) is 76.1 Å². The number of rotatable bonds is 10. The van der Waals surface area contributed by atoms with Crippen molar-refractivity contribution in [1.82, 2.24) is 10.3 Å². The van der Waals surface area contributed by atoms with E-state index in [2.05, 4.69) is 20.9 Å². The molecule has 1 aliphatic rings. The smallest absolute Gasteiger partial charge is 0.247 e. The Bertz CT molecular complexity index is 1800. The van der Waals surface area contributed by atoms with E-state index in [0.717, 1.165) is 22.0 Å². The highest BCUT2D eigenvalue weighted by Gasteiger charge is 2.30. The molecule has 2 amide bonds. The number of anilines is 2. The Kier molecular flexibility index (Phi) is 9.32. The normalized spacial score (nSPS) is 15.1. The number of fused-ring (bicyclic) bond motifs is 4. The summed E-state index contributed by atoms with van der Waals surface area (Å²) in [6.45, 7) is 5.44. The van der Waals surface area contributed by atoms with Crippen molar-refractivity contribution in [2.75, 3.05) is 32.0 Å². The summed E-state index contributed by atoms with van der Waals surface area (Å²) in [5.41, 5.74) is 4.67. The lowest BCUT2D eigenvalue weighted by Crippen LogP contribution is -2.40. The summed E-state index contributed by atoms with van der Waals surface area (Å²) < 4.78 is 17.2. The highest BCUT2D eigenvalue weighted by molar-refractivity contribution is 5.98. The maximum Gasteiger partial charge on any atom is 0.247 e. The molecule has 4 aromatic rings. The highest BCUT2D eigenvalue weighted by atomic mass is 16.5. The van der Waals surface area contributed by atoms with Crippen LogP contribution in [0.4, 0.5) is 11.4 Å². The first-order valence-electron chi connectivity index (χ1n) is 15.1. The molecule has 3 aromatic carbocycles. The first kappa shape index (κ1) is 31.4. The second kappa shape index (κ2) is 13.3. The van der Waals surface area contributed by atoms with Crippen LogP contribution in [0.2, 0.25) is 0 Å². The van der Waals surface area contributed by atoms with Crippen molar-refractivity contribution in [1.29, 1.82) is 0 Å². The maximum atomic E-state index is 13.9. The molecule has 10 nitrogen and oxygen atoms in total. The Balaban J connectivity index is 1.60. The molecule has 236 valence electrons. The van der Waals surface area contributed by atoms with E-state index in [1.54, 1.807) is 33.5 Å². The molecule has 10 heteroatoms. The largest absolute Gasteiger partial charge is 0.493 e. The van der Waals surface area contributed by atoms with Crippen molar-refractivity contribution in [2.24, 2.45) is 5.92 Å². The first-order valence-corrected chi connectivity index (χ1v) is 15.1. The molecular weight excluding hydrogens is 572 g/mol. The summed E-state index contributed by atoms with van der Waals surface area (Å²) in [7, 11) is 4.67. The zero-order valence-corrected chi connectivity index (χ0v) is 26.5. The molecule has 0 saturated carbocycles. The van der Waals surface area contributed by atoms with E-state index in [-0.39, 0.29) is 28.8 Å². The third kappa shape index (κ3) is 6.31. The number of carbonyl (C=O) groups excluding carboxylic acids is 2. The molecule has 0 fully saturated rings. The number of hydrogen-bond acceptors (Lipinski definition) is 7. The molecule has 4 N–H and O–H groups in total. The zero-order chi connectivity index (χ0) is 32.2. The van der Waals surface area contributed by atoms with Crippen molar-refractivity contribution in [2.45, 2.75) is 52.1 Å². The Morgan fingerprint density at radius 2 is 1.78 bits per heavy atom. The van der Waals surface area contributed by atoms with Crippen molar-refractivity contribution in [3.8, 4) is 28.4 Å². The summed E-state index contributed by atoms with van der Waals surface area (Å²) in [6, 6.07) is 13.5. The maximum absolute atomic E-state index is 13.9. The van der Waals surface area contributed by atoms with Gasteiger partial charge in [0, 0.05) is 35.3 Å². The van der Waals surface area contributed by atoms with Gasteiger partial charge in [-0.1, -0.05) is 26.3 Å². The van der Waals surface area contributed by atoms with Crippen LogP contribution in [0.5, 0.6) is 17.2 Å². The van der Waals surface area contributed by atoms with Gasteiger partial charge in [-0.3, -0.25) is 14.4 Å². The SMILES string of the molecule is CC[C@@H](C)[C@H](Nc1ccc2c(cc1=O)[C@@H](NC(C)=O)CCc1cc(OC)c(OC)c(OC)c1-2)C(=O)Nc1ccc2[nH]ccc2c1. The number of aryl methyl sites for hydroxylation is 1. The highest BCUT2D eigenvalue weighted by Crippen LogP contribution is 2.50. The molecule has 0 radical (unpaired) electrons. The Hall–Kier alpha value is -4.99. The van der Waals surface area contributed by atoms with Crippen LogP contribution in [-0.4, -0.2) is 44.2 Å². The lowest BCUT2D eigenvalue weighted by atomic mass is 9.95. The number of aromatic amines is 1. The monoisotopic (exact) mass is 612 g/mol. The number of hydrogen-bond donors (Lipinski definition) is 4. The summed E-state index contributed by atoms with van der Waals surface area (Å²) in [4.78, 5) is 43.0. The van der Waals surface area contributed by atoms with Gasteiger partial charge in [-0.25, -0.2) is 0 Å². The number of ether oxygens (including phenoxy) is 3. The number of H-pyrrole nitrogens is 1. The second-order valence-electron chi connectivity index (χ2n) is 11.4. The summed E-state index contributed by atoms with van der Waals surface area (Å²) in [6.07, 6.45) is 3.71. The molecule has 5 rings (SSSR count). The number of benzene rings is 2. The lowest BCUT2D eigenvalue weighted by Gasteiger charge is -2.24. The topological polar surface area (TPSA) is 131 Å². The molecule has 1 aromatic heterocycles. The Morgan fingerprint density at radius 3 is 2.47 bits per heavy atom. The minimum Gasteiger partial charge on any atom is -0.493 e. The van der Waals surface area contributed by atoms with Gasteiger partial charge in [0.15, 0.2) is 11.5 Å². The van der Waals surface area contributed by atoms with Crippen molar-refractivity contribution >= 4 is 34.1 Å². The summed E-state index contributed by atoms with van der Waals surface area (Å²) in [5.74, 6) is 0.891. The van der Waals surface area contributed by atoms with Crippen LogP contribution in [-0.2, 0) is 16.0 Å². The Morgan fingerprint density at radius 1 is 1.00 bits per heavy atom. The summed E-state index contributed by atoms with van der Waals surface area (Å²) >= 11 is 0. The molecule has 1 aliphatic carbocycles. The number of nitrogens with one attached hydrogen (secondary N) is 4. The predicted octanol–water partition coefficient (Wildman–Crippen LogP) is 5.81. The summed E-state index contributed by atoms with van der Waals surface area (Å²) in [5, 5.41) is 10.3. The van der Waals surface area contributed by atoms with Gasteiger partial charge >= 0.3 is 0 Å². The van der Waals surface area contributed by atoms with E-state index >= 15 is 0 Å². The van der Waals surface area contributed by atoms with E-state index < -0.39 is 12.1 Å². The van der Waals surface area contributed by atoms with Crippen LogP contribution in [0.15, 0.2) is 59.5 Å². The molecule has 0 aliphatic heterocycles. The second-order valence-corrected chi connectivity index (χ2v) is 11.4. The molecule has 3 atom stereocenters. The van der Waals surface area contributed by atoms with Gasteiger partial charge in [-0.2, -0.15) is 0 Å². The fourth-order valence-electron chi connectivity index (χ4n) is 6.05. The van der Waals surface area contributed by atoms with E-state index in [4.69, 9.17) is 14.2 Å². The quantitative estimate of drug-likeness (QED) is 0.178. The molecule has 0 saturated heterocycles. The van der Waals surface area contributed by atoms with Crippen LogP contribution in [0.25, 0.3) is 22.0 Å². The van der Waals surface area contributed by atoms with Crippen LogP contribution in [0.1, 0.15) is 50.8 Å². The minimum absolute atomic E-state index is 0.0894. The average molecular weight is 613 g/mol. The third-order valence-electron chi connectivity index (χ3n) is 8.54. The fraction of sp³-hybridized carbons (Fsp3) is 0.343. The number of aromatic nitrogens is 1. The minimum atomic E-state index is -0.691. The Labute approximate surface area is 262 Å². The lowest BCUT2D eigenvalue weighted by molar-refractivity contribution is -0.120. The first-order chi connectivity index (χ1) is 21.7. The van der Waals surface area contributed by atoms with Gasteiger partial charge in [0.05, 0.1) is 33.1 Å². The molecule has 0 spiro atoms. The van der Waals surface area contributed by atoms with Gasteiger partial charge in [-0.05, 0) is 77.9 Å². The van der Waals surface area contributed by atoms with Gasteiger partial charge < -0.3 is 35.1 Å². The third-order valence-corrected chi connectivity index (χ3v) is 8.54. The molecule has 0 unspecified atom stereocenters. The predicted molar refractivity (Wildman–Crippen MR) is 176 cm³/mol. The van der Waals surface area contributed by atoms with Crippen LogP contribution >= 0.6 is 0 Å². The molecular formula is C35H40N4O6. The van der Waals surface area contributed by atoms with Crippen LogP contribution in [0, 0.1) is 5.92 Å². The van der Waals surface area contributed by atoms with Gasteiger partial charge in [0.25, 0.3) is 0 Å². The van der Waals surface area contributed by atoms with Crippen LogP contribution in [0.3, 0.4) is 0 Å². The molecule has 0 bridgehead atoms. The van der Waals surface area contributed by atoms with E-state index in [1.807, 2.05) is 56.4 Å².